The predicted octanol–water partition coefficient (Wildman–Crippen LogP) is 9.73. The van der Waals surface area contributed by atoms with Gasteiger partial charge in [0.15, 0.2) is 0 Å². The molecule has 0 fully saturated rings. The van der Waals surface area contributed by atoms with E-state index in [0.717, 1.165) is 61.5 Å². The van der Waals surface area contributed by atoms with E-state index in [1.807, 2.05) is 6.20 Å². The minimum atomic E-state index is 0.854. The second-order valence-electron chi connectivity index (χ2n) is 9.05. The SMILES string of the molecule is CC/C=C\c1c(C)ncc2c(-c3ccccc3)c3ccccc3c(Oc3cccc4ccccc34)c12. The van der Waals surface area contributed by atoms with E-state index in [4.69, 9.17) is 9.72 Å². The topological polar surface area (TPSA) is 22.1 Å². The van der Waals surface area contributed by atoms with Crippen molar-refractivity contribution in [3.05, 3.63) is 121 Å². The third kappa shape index (κ3) is 3.72. The van der Waals surface area contributed by atoms with Gasteiger partial charge in [0.1, 0.15) is 11.5 Å². The second-order valence-corrected chi connectivity index (χ2v) is 9.05. The van der Waals surface area contributed by atoms with Crippen LogP contribution in [0.5, 0.6) is 11.5 Å². The first-order valence-electron chi connectivity index (χ1n) is 12.5. The summed E-state index contributed by atoms with van der Waals surface area (Å²) in [4.78, 5) is 4.84. The largest absolute Gasteiger partial charge is 0.455 e. The molecule has 174 valence electrons. The zero-order valence-corrected chi connectivity index (χ0v) is 20.5. The van der Waals surface area contributed by atoms with Gasteiger partial charge in [-0.25, -0.2) is 0 Å². The van der Waals surface area contributed by atoms with E-state index >= 15 is 0 Å². The maximum atomic E-state index is 6.92. The number of fused-ring (bicyclic) bond motifs is 3. The maximum absolute atomic E-state index is 6.92. The van der Waals surface area contributed by atoms with E-state index < -0.39 is 0 Å². The number of hydrogen-bond donors (Lipinski definition) is 0. The van der Waals surface area contributed by atoms with Crippen LogP contribution in [0.25, 0.3) is 49.5 Å². The normalized spacial score (nSPS) is 11.6. The molecule has 0 aliphatic rings. The first-order chi connectivity index (χ1) is 17.8. The van der Waals surface area contributed by atoms with Crippen LogP contribution in [0, 0.1) is 6.92 Å². The van der Waals surface area contributed by atoms with Crippen LogP contribution in [0.15, 0.2) is 109 Å². The summed E-state index contributed by atoms with van der Waals surface area (Å²) in [6, 6.07) is 33.8. The van der Waals surface area contributed by atoms with Gasteiger partial charge in [-0.1, -0.05) is 110 Å². The Labute approximate surface area is 211 Å². The van der Waals surface area contributed by atoms with E-state index in [1.54, 1.807) is 0 Å². The fourth-order valence-corrected chi connectivity index (χ4v) is 5.09. The Morgan fingerprint density at radius 3 is 2.22 bits per heavy atom. The van der Waals surface area contributed by atoms with Crippen molar-refractivity contribution in [2.45, 2.75) is 20.3 Å². The van der Waals surface area contributed by atoms with Crippen molar-refractivity contribution in [2.75, 3.05) is 0 Å². The van der Waals surface area contributed by atoms with Crippen LogP contribution in [0.4, 0.5) is 0 Å². The Morgan fingerprint density at radius 2 is 1.42 bits per heavy atom. The molecule has 0 saturated heterocycles. The van der Waals surface area contributed by atoms with Crippen LogP contribution in [0.2, 0.25) is 0 Å². The van der Waals surface area contributed by atoms with Crippen molar-refractivity contribution in [3.8, 4) is 22.6 Å². The molecule has 36 heavy (non-hydrogen) atoms. The molecule has 2 heteroatoms. The standard InChI is InChI=1S/C34H27NO/c1-3-4-17-26-23(2)35-22-30-32(25-14-6-5-7-15-25)28-19-10-11-20-29(28)34(33(26)30)36-31-21-12-16-24-13-8-9-18-27(24)31/h4-22H,3H2,1-2H3/b17-4-. The molecule has 0 saturated carbocycles. The van der Waals surface area contributed by atoms with E-state index in [1.165, 1.54) is 11.1 Å². The van der Waals surface area contributed by atoms with Crippen molar-refractivity contribution in [1.82, 2.24) is 4.98 Å². The highest BCUT2D eigenvalue weighted by Crippen LogP contribution is 2.47. The fourth-order valence-electron chi connectivity index (χ4n) is 5.09. The molecular weight excluding hydrogens is 438 g/mol. The van der Waals surface area contributed by atoms with Gasteiger partial charge in [-0.2, -0.15) is 0 Å². The van der Waals surface area contributed by atoms with Gasteiger partial charge in [0.2, 0.25) is 0 Å². The lowest BCUT2D eigenvalue weighted by atomic mass is 9.89. The summed E-state index contributed by atoms with van der Waals surface area (Å²) >= 11 is 0. The van der Waals surface area contributed by atoms with Gasteiger partial charge in [-0.05, 0) is 41.3 Å². The number of allylic oxidation sites excluding steroid dienone is 1. The summed E-state index contributed by atoms with van der Waals surface area (Å²) in [6.07, 6.45) is 7.36. The molecule has 0 bridgehead atoms. The quantitative estimate of drug-likeness (QED) is 0.236. The maximum Gasteiger partial charge on any atom is 0.143 e. The zero-order valence-electron chi connectivity index (χ0n) is 20.5. The van der Waals surface area contributed by atoms with E-state index in [9.17, 15) is 0 Å². The average molecular weight is 466 g/mol. The van der Waals surface area contributed by atoms with Crippen LogP contribution in [-0.2, 0) is 0 Å². The van der Waals surface area contributed by atoms with E-state index in [0.29, 0.717) is 0 Å². The second kappa shape index (κ2) is 9.31. The molecule has 0 atom stereocenters. The number of benzene rings is 5. The minimum absolute atomic E-state index is 0.854. The van der Waals surface area contributed by atoms with Crippen molar-refractivity contribution >= 4 is 38.4 Å². The molecule has 0 aliphatic carbocycles. The number of ether oxygens (including phenoxy) is 1. The van der Waals surface area contributed by atoms with Gasteiger partial charge in [0, 0.05) is 39.0 Å². The summed E-state index contributed by atoms with van der Waals surface area (Å²) in [6.45, 7) is 4.23. The van der Waals surface area contributed by atoms with Crippen LogP contribution >= 0.6 is 0 Å². The number of rotatable bonds is 5. The zero-order chi connectivity index (χ0) is 24.5. The number of pyridine rings is 1. The van der Waals surface area contributed by atoms with Gasteiger partial charge >= 0.3 is 0 Å². The molecule has 2 nitrogen and oxygen atoms in total. The first-order valence-corrected chi connectivity index (χ1v) is 12.5. The highest BCUT2D eigenvalue weighted by atomic mass is 16.5. The van der Waals surface area contributed by atoms with E-state index in [2.05, 4.69) is 123 Å². The van der Waals surface area contributed by atoms with Crippen LogP contribution in [0.1, 0.15) is 24.6 Å². The monoisotopic (exact) mass is 465 g/mol. The molecule has 1 heterocycles. The third-order valence-electron chi connectivity index (χ3n) is 6.80. The van der Waals surface area contributed by atoms with Crippen molar-refractivity contribution in [3.63, 3.8) is 0 Å². The van der Waals surface area contributed by atoms with Gasteiger partial charge < -0.3 is 4.74 Å². The summed E-state index contributed by atoms with van der Waals surface area (Å²) in [5, 5.41) is 6.69. The Kier molecular flexibility index (Phi) is 5.71. The molecule has 0 N–H and O–H groups in total. The van der Waals surface area contributed by atoms with Crippen LogP contribution in [-0.4, -0.2) is 4.98 Å². The Bertz CT molecular complexity index is 1740. The molecule has 0 radical (unpaired) electrons. The highest BCUT2D eigenvalue weighted by molar-refractivity contribution is 6.19. The minimum Gasteiger partial charge on any atom is -0.455 e. The molecule has 0 spiro atoms. The van der Waals surface area contributed by atoms with Crippen molar-refractivity contribution < 1.29 is 4.74 Å². The van der Waals surface area contributed by atoms with Gasteiger partial charge in [0.05, 0.1) is 0 Å². The third-order valence-corrected chi connectivity index (χ3v) is 6.80. The lowest BCUT2D eigenvalue weighted by molar-refractivity contribution is 0.499. The molecule has 0 unspecified atom stereocenters. The predicted molar refractivity (Wildman–Crippen MR) is 153 cm³/mol. The Balaban J connectivity index is 1.77. The molecule has 6 aromatic rings. The summed E-state index contributed by atoms with van der Waals surface area (Å²) < 4.78 is 6.92. The summed E-state index contributed by atoms with van der Waals surface area (Å²) in [7, 11) is 0. The number of nitrogens with zero attached hydrogens (tertiary/aromatic N) is 1. The molecule has 0 aliphatic heterocycles. The first kappa shape index (κ1) is 22.1. The lowest BCUT2D eigenvalue weighted by Gasteiger charge is -2.20. The summed E-state index contributed by atoms with van der Waals surface area (Å²) in [5.74, 6) is 1.73. The summed E-state index contributed by atoms with van der Waals surface area (Å²) in [5.41, 5.74) is 4.45. The van der Waals surface area contributed by atoms with E-state index in [-0.39, 0.29) is 0 Å². The Morgan fingerprint density at radius 1 is 0.722 bits per heavy atom. The van der Waals surface area contributed by atoms with Crippen molar-refractivity contribution in [1.29, 1.82) is 0 Å². The lowest BCUT2D eigenvalue weighted by Crippen LogP contribution is -1.97. The van der Waals surface area contributed by atoms with Gasteiger partial charge in [0.25, 0.3) is 0 Å². The smallest absolute Gasteiger partial charge is 0.143 e. The molecular formula is C34H27NO. The molecule has 1 aromatic heterocycles. The van der Waals surface area contributed by atoms with Gasteiger partial charge in [-0.3, -0.25) is 4.98 Å². The number of aryl methyl sites for hydroxylation is 1. The molecule has 0 amide bonds. The average Bonchev–Trinajstić information content (AvgIpc) is 2.93. The van der Waals surface area contributed by atoms with Crippen LogP contribution in [0.3, 0.4) is 0 Å². The molecule has 6 rings (SSSR count). The highest BCUT2D eigenvalue weighted by Gasteiger charge is 2.20. The number of aromatic nitrogens is 1. The van der Waals surface area contributed by atoms with Crippen molar-refractivity contribution in [2.24, 2.45) is 0 Å². The Hall–Kier alpha value is -4.43. The van der Waals surface area contributed by atoms with Gasteiger partial charge in [-0.15, -0.1) is 0 Å². The number of hydrogen-bond acceptors (Lipinski definition) is 2. The van der Waals surface area contributed by atoms with Crippen LogP contribution < -0.4 is 4.74 Å². The fraction of sp³-hybridized carbons (Fsp3) is 0.0882. The molecule has 5 aromatic carbocycles.